The lowest BCUT2D eigenvalue weighted by Gasteiger charge is -2.35. The van der Waals surface area contributed by atoms with Gasteiger partial charge in [0, 0.05) is 55.3 Å². The van der Waals surface area contributed by atoms with E-state index in [1.165, 1.54) is 22.9 Å². The maximum atomic E-state index is 15.1. The van der Waals surface area contributed by atoms with Crippen LogP contribution in [-0.2, 0) is 27.9 Å². The van der Waals surface area contributed by atoms with E-state index in [1.807, 2.05) is 4.90 Å². The number of piperidine rings is 3. The molecule has 4 aromatic rings. The highest BCUT2D eigenvalue weighted by atomic mass is 19.4. The molecule has 2 aromatic heterocycles. The fraction of sp³-hybridized carbons (Fsp3) is 0.447. The normalized spacial score (nSPS) is 19.3. The summed E-state index contributed by atoms with van der Waals surface area (Å²) in [5.74, 6) is -1.38. The number of aromatic nitrogens is 3. The van der Waals surface area contributed by atoms with Crippen molar-refractivity contribution < 1.29 is 36.7 Å². The minimum absolute atomic E-state index is 0.0969. The summed E-state index contributed by atoms with van der Waals surface area (Å²) in [5, 5.41) is 12.4. The van der Waals surface area contributed by atoms with Gasteiger partial charge in [0.1, 0.15) is 28.9 Å². The van der Waals surface area contributed by atoms with Gasteiger partial charge in [-0.15, -0.1) is 13.2 Å². The molecule has 3 N–H and O–H groups in total. The Bertz CT molecular complexity index is 2120. The number of amides is 2. The highest BCUT2D eigenvalue weighted by molar-refractivity contribution is 6.01. The Labute approximate surface area is 307 Å². The minimum Gasteiger partial charge on any atom is -0.405 e. The van der Waals surface area contributed by atoms with Crippen molar-refractivity contribution in [1.29, 1.82) is 0 Å². The van der Waals surface area contributed by atoms with Crippen LogP contribution < -0.4 is 25.8 Å². The van der Waals surface area contributed by atoms with Crippen molar-refractivity contribution in [3.63, 3.8) is 0 Å². The zero-order chi connectivity index (χ0) is 38.1. The van der Waals surface area contributed by atoms with Crippen molar-refractivity contribution >= 4 is 39.9 Å². The van der Waals surface area contributed by atoms with Crippen LogP contribution >= 0.6 is 0 Å². The Kier molecular flexibility index (Phi) is 10.5. The molecule has 0 bridgehead atoms. The number of halogens is 4. The number of aryl methyl sites for hydroxylation is 1. The number of fused-ring (bicyclic) bond motifs is 1. The summed E-state index contributed by atoms with van der Waals surface area (Å²) in [6.45, 7) is 2.62. The van der Waals surface area contributed by atoms with Gasteiger partial charge in [-0.25, -0.2) is 4.39 Å². The van der Waals surface area contributed by atoms with E-state index in [9.17, 15) is 32.3 Å². The summed E-state index contributed by atoms with van der Waals surface area (Å²) >= 11 is 0. The molecule has 5 heterocycles. The lowest BCUT2D eigenvalue weighted by atomic mass is 9.88. The Morgan fingerprint density at radius 3 is 2.46 bits per heavy atom. The zero-order valence-electron chi connectivity index (χ0n) is 29.7. The van der Waals surface area contributed by atoms with E-state index in [0.29, 0.717) is 105 Å². The number of hydrogen-bond acceptors (Lipinski definition) is 9. The fourth-order valence-corrected chi connectivity index (χ4v) is 7.83. The van der Waals surface area contributed by atoms with Crippen molar-refractivity contribution in [2.24, 2.45) is 18.9 Å². The monoisotopic (exact) mass is 751 g/mol. The number of anilines is 2. The van der Waals surface area contributed by atoms with Gasteiger partial charge in [0.2, 0.25) is 11.8 Å². The maximum absolute atomic E-state index is 15.1. The number of carbonyl (C=O) groups is 3. The molecule has 54 heavy (non-hydrogen) atoms. The summed E-state index contributed by atoms with van der Waals surface area (Å²) in [4.78, 5) is 53.3. The number of nitrogens with zero attached hydrogens (tertiary/aromatic N) is 4. The standard InChI is InChI=1S/C38H41F4N7O5/c1-47-20-28(27-19-43-46-35(27)37(47)53)24-2-3-25(33(17-24)54-38(40,41)42)16-22-8-12-48(13-9-22)21-32(50)23-10-14-49(15-11-23)31-6-4-26(18-29(31)39)44-30-5-7-34(51)45-36(30)52/h2-4,6,17-20,22-23,30,44H,5,7-16,21H2,1H3,(H,43,46)(H,45,51,52). The van der Waals surface area contributed by atoms with Crippen LogP contribution in [0.3, 0.4) is 0 Å². The molecule has 2 aromatic carbocycles. The molecular weight excluding hydrogens is 710 g/mol. The molecular formula is C38H41F4N7O5. The van der Waals surface area contributed by atoms with Gasteiger partial charge in [-0.1, -0.05) is 12.1 Å². The van der Waals surface area contributed by atoms with Gasteiger partial charge >= 0.3 is 6.36 Å². The number of nitrogens with one attached hydrogen (secondary N) is 3. The zero-order valence-corrected chi connectivity index (χ0v) is 29.7. The highest BCUT2D eigenvalue weighted by Gasteiger charge is 2.34. The molecule has 0 radical (unpaired) electrons. The minimum atomic E-state index is -4.89. The number of rotatable bonds is 10. The number of Topliss-reactive ketones (excluding diaryl/α,β-unsaturated/α-hetero) is 1. The molecule has 7 rings (SSSR count). The maximum Gasteiger partial charge on any atom is 0.573 e. The first-order valence-electron chi connectivity index (χ1n) is 18.1. The highest BCUT2D eigenvalue weighted by Crippen LogP contribution is 2.36. The number of ether oxygens (including phenoxy) is 1. The summed E-state index contributed by atoms with van der Waals surface area (Å²) in [6.07, 6.45) is 1.69. The lowest BCUT2D eigenvalue weighted by Crippen LogP contribution is -2.47. The van der Waals surface area contributed by atoms with Crippen LogP contribution in [0.4, 0.5) is 28.9 Å². The van der Waals surface area contributed by atoms with Gasteiger partial charge in [-0.3, -0.25) is 34.5 Å². The molecule has 3 fully saturated rings. The van der Waals surface area contributed by atoms with Crippen molar-refractivity contribution in [1.82, 2.24) is 25.0 Å². The predicted octanol–water partition coefficient (Wildman–Crippen LogP) is 4.92. The molecule has 16 heteroatoms. The first kappa shape index (κ1) is 37.1. The number of ketones is 1. The third-order valence-corrected chi connectivity index (χ3v) is 10.8. The van der Waals surface area contributed by atoms with Gasteiger partial charge in [-0.05, 0) is 92.9 Å². The molecule has 0 aliphatic carbocycles. The second-order valence-electron chi connectivity index (χ2n) is 14.5. The average Bonchev–Trinajstić information content (AvgIpc) is 3.63. The number of H-pyrrole nitrogens is 1. The number of carbonyl (C=O) groups excluding carboxylic acids is 3. The third kappa shape index (κ3) is 8.27. The number of aromatic amines is 1. The number of likely N-dealkylation sites (tertiary alicyclic amines) is 1. The molecule has 2 amide bonds. The van der Waals surface area contributed by atoms with Crippen LogP contribution in [0, 0.1) is 17.7 Å². The number of pyridine rings is 1. The summed E-state index contributed by atoms with van der Waals surface area (Å²) in [7, 11) is 1.56. The Balaban J connectivity index is 0.910. The quantitative estimate of drug-likeness (QED) is 0.152. The largest absolute Gasteiger partial charge is 0.573 e. The molecule has 3 aliphatic heterocycles. The number of alkyl halides is 3. The van der Waals surface area contributed by atoms with Crippen LogP contribution in [0.25, 0.3) is 22.0 Å². The van der Waals surface area contributed by atoms with Crippen LogP contribution in [-0.4, -0.2) is 82.4 Å². The first-order chi connectivity index (χ1) is 25.8. The van der Waals surface area contributed by atoms with Gasteiger partial charge in [0.05, 0.1) is 18.4 Å². The number of benzene rings is 2. The van der Waals surface area contributed by atoms with E-state index in [4.69, 9.17) is 0 Å². The van der Waals surface area contributed by atoms with Gasteiger partial charge in [0.15, 0.2) is 0 Å². The molecule has 3 saturated heterocycles. The van der Waals surface area contributed by atoms with E-state index in [-0.39, 0.29) is 46.8 Å². The van der Waals surface area contributed by atoms with Crippen molar-refractivity contribution in [3.8, 4) is 16.9 Å². The Morgan fingerprint density at radius 1 is 1.00 bits per heavy atom. The molecule has 286 valence electrons. The van der Waals surface area contributed by atoms with Crippen molar-refractivity contribution in [2.75, 3.05) is 42.9 Å². The first-order valence-corrected chi connectivity index (χ1v) is 18.1. The van der Waals surface area contributed by atoms with E-state index in [1.54, 1.807) is 37.5 Å². The van der Waals surface area contributed by atoms with Crippen molar-refractivity contribution in [2.45, 2.75) is 57.3 Å². The van der Waals surface area contributed by atoms with Crippen LogP contribution in [0.1, 0.15) is 44.1 Å². The fourth-order valence-electron chi connectivity index (χ4n) is 7.83. The predicted molar refractivity (Wildman–Crippen MR) is 192 cm³/mol. The van der Waals surface area contributed by atoms with Gasteiger partial charge < -0.3 is 19.5 Å². The van der Waals surface area contributed by atoms with E-state index >= 15 is 4.39 Å². The average molecular weight is 752 g/mol. The molecule has 0 saturated carbocycles. The topological polar surface area (TPSA) is 142 Å². The Hall–Kier alpha value is -5.25. The third-order valence-electron chi connectivity index (χ3n) is 10.8. The van der Waals surface area contributed by atoms with Gasteiger partial charge in [-0.2, -0.15) is 5.10 Å². The summed E-state index contributed by atoms with van der Waals surface area (Å²) in [6, 6.07) is 8.83. The lowest BCUT2D eigenvalue weighted by molar-refractivity contribution is -0.274. The second-order valence-corrected chi connectivity index (χ2v) is 14.5. The molecule has 1 unspecified atom stereocenters. The Morgan fingerprint density at radius 2 is 1.76 bits per heavy atom. The van der Waals surface area contributed by atoms with Crippen LogP contribution in [0.5, 0.6) is 5.75 Å². The van der Waals surface area contributed by atoms with E-state index < -0.39 is 24.1 Å². The van der Waals surface area contributed by atoms with Crippen LogP contribution in [0.15, 0.2) is 53.6 Å². The summed E-state index contributed by atoms with van der Waals surface area (Å²) < 4.78 is 61.7. The SMILES string of the molecule is Cn1cc(-c2ccc(CC3CCN(CC(=O)C4CCN(c5ccc(NC6CCC(=O)NC6=O)cc5F)CC4)CC3)c(OC(F)(F)F)c2)c2cn[nH]c2c1=O. The van der Waals surface area contributed by atoms with Gasteiger partial charge in [0.25, 0.3) is 5.56 Å². The summed E-state index contributed by atoms with van der Waals surface area (Å²) in [5.41, 5.74) is 2.27. The molecule has 0 spiro atoms. The number of hydrogen-bond donors (Lipinski definition) is 3. The molecule has 12 nitrogen and oxygen atoms in total. The molecule has 1 atom stereocenters. The van der Waals surface area contributed by atoms with Crippen molar-refractivity contribution in [3.05, 3.63) is 70.5 Å². The second kappa shape index (κ2) is 15.2. The van der Waals surface area contributed by atoms with E-state index in [2.05, 4.69) is 30.5 Å². The molecule has 3 aliphatic rings. The number of imide groups is 1. The smallest absolute Gasteiger partial charge is 0.405 e. The van der Waals surface area contributed by atoms with Crippen LogP contribution in [0.2, 0.25) is 0 Å². The van der Waals surface area contributed by atoms with E-state index in [0.717, 1.165) is 0 Å².